The Labute approximate surface area is 141 Å². The van der Waals surface area contributed by atoms with Crippen molar-refractivity contribution >= 4 is 17.4 Å². The van der Waals surface area contributed by atoms with Crippen LogP contribution in [0.25, 0.3) is 0 Å². The first-order valence-electron chi connectivity index (χ1n) is 8.02. The van der Waals surface area contributed by atoms with E-state index in [4.69, 9.17) is 0 Å². The highest BCUT2D eigenvalue weighted by molar-refractivity contribution is 7.99. The van der Waals surface area contributed by atoms with Crippen molar-refractivity contribution in [1.29, 1.82) is 0 Å². The normalized spacial score (nSPS) is 19.7. The van der Waals surface area contributed by atoms with Crippen molar-refractivity contribution in [3.05, 3.63) is 96.1 Å². The van der Waals surface area contributed by atoms with E-state index in [2.05, 4.69) is 90.2 Å². The molecule has 114 valence electrons. The number of anilines is 1. The maximum Gasteiger partial charge on any atom is 0.0527 e. The van der Waals surface area contributed by atoms with Gasteiger partial charge in [0.05, 0.1) is 6.04 Å². The van der Waals surface area contributed by atoms with Crippen molar-refractivity contribution in [2.75, 3.05) is 5.32 Å². The maximum absolute atomic E-state index is 3.72. The topological polar surface area (TPSA) is 12.0 Å². The fourth-order valence-corrected chi connectivity index (χ4v) is 4.44. The minimum atomic E-state index is 0.368. The molecule has 0 spiro atoms. The Morgan fingerprint density at radius 3 is 2.17 bits per heavy atom. The van der Waals surface area contributed by atoms with Gasteiger partial charge in [-0.3, -0.25) is 0 Å². The standard InChI is InChI=1S/C21H19NS/c1-3-9-16(10-4-1)20-15-21(23-17-11-5-2-6-12-17)18-13-7-8-14-19(18)22-20/h1-14,20-22H,15H2. The van der Waals surface area contributed by atoms with E-state index in [1.54, 1.807) is 0 Å². The summed E-state index contributed by atoms with van der Waals surface area (Å²) in [6.45, 7) is 0. The molecule has 0 aromatic heterocycles. The molecule has 1 N–H and O–H groups in total. The zero-order valence-electron chi connectivity index (χ0n) is 12.9. The molecule has 0 fully saturated rings. The van der Waals surface area contributed by atoms with Crippen molar-refractivity contribution in [1.82, 2.24) is 0 Å². The first kappa shape index (κ1) is 14.4. The molecular weight excluding hydrogens is 298 g/mol. The zero-order chi connectivity index (χ0) is 15.5. The van der Waals surface area contributed by atoms with E-state index < -0.39 is 0 Å². The SMILES string of the molecule is c1ccc(SC2CC(c3ccccc3)Nc3ccccc32)cc1. The van der Waals surface area contributed by atoms with E-state index in [0.29, 0.717) is 11.3 Å². The van der Waals surface area contributed by atoms with Crippen molar-refractivity contribution < 1.29 is 0 Å². The van der Waals surface area contributed by atoms with Crippen LogP contribution in [0.3, 0.4) is 0 Å². The van der Waals surface area contributed by atoms with Gasteiger partial charge >= 0.3 is 0 Å². The number of para-hydroxylation sites is 1. The van der Waals surface area contributed by atoms with E-state index in [1.165, 1.54) is 21.7 Å². The van der Waals surface area contributed by atoms with Crippen LogP contribution < -0.4 is 5.32 Å². The third-order valence-electron chi connectivity index (χ3n) is 4.31. The highest BCUT2D eigenvalue weighted by Gasteiger charge is 2.27. The van der Waals surface area contributed by atoms with Crippen LogP contribution in [0, 0.1) is 0 Å². The highest BCUT2D eigenvalue weighted by atomic mass is 32.2. The third kappa shape index (κ3) is 3.13. The van der Waals surface area contributed by atoms with Gasteiger partial charge in [-0.05, 0) is 35.7 Å². The number of nitrogens with one attached hydrogen (secondary N) is 1. The van der Waals surface area contributed by atoms with Gasteiger partial charge in [0.1, 0.15) is 0 Å². The molecule has 0 radical (unpaired) electrons. The third-order valence-corrected chi connectivity index (χ3v) is 5.59. The summed E-state index contributed by atoms with van der Waals surface area (Å²) in [4.78, 5) is 1.33. The summed E-state index contributed by atoms with van der Waals surface area (Å²) < 4.78 is 0. The van der Waals surface area contributed by atoms with Crippen LogP contribution >= 0.6 is 11.8 Å². The molecule has 3 aromatic rings. The molecule has 0 saturated heterocycles. The second-order valence-electron chi connectivity index (χ2n) is 5.85. The Hall–Kier alpha value is -2.19. The minimum absolute atomic E-state index is 0.368. The Morgan fingerprint density at radius 1 is 0.739 bits per heavy atom. The van der Waals surface area contributed by atoms with Gasteiger partial charge in [-0.25, -0.2) is 0 Å². The molecule has 2 atom stereocenters. The molecule has 1 heterocycles. The summed E-state index contributed by atoms with van der Waals surface area (Å²) in [7, 11) is 0. The first-order chi connectivity index (χ1) is 11.4. The quantitative estimate of drug-likeness (QED) is 0.628. The number of fused-ring (bicyclic) bond motifs is 1. The second kappa shape index (κ2) is 6.51. The van der Waals surface area contributed by atoms with Crippen molar-refractivity contribution in [2.24, 2.45) is 0 Å². The van der Waals surface area contributed by atoms with E-state index in [-0.39, 0.29) is 0 Å². The Morgan fingerprint density at radius 2 is 1.39 bits per heavy atom. The highest BCUT2D eigenvalue weighted by Crippen LogP contribution is 2.48. The van der Waals surface area contributed by atoms with E-state index in [9.17, 15) is 0 Å². The minimum Gasteiger partial charge on any atom is -0.378 e. The maximum atomic E-state index is 3.72. The van der Waals surface area contributed by atoms with E-state index >= 15 is 0 Å². The molecule has 1 aliphatic heterocycles. The lowest BCUT2D eigenvalue weighted by atomic mass is 9.93. The van der Waals surface area contributed by atoms with Gasteiger partial charge in [-0.1, -0.05) is 66.7 Å². The van der Waals surface area contributed by atoms with Crippen LogP contribution in [0.2, 0.25) is 0 Å². The Balaban J connectivity index is 1.67. The fourth-order valence-electron chi connectivity index (χ4n) is 3.18. The lowest BCUT2D eigenvalue weighted by Crippen LogP contribution is -2.20. The number of benzene rings is 3. The van der Waals surface area contributed by atoms with Gasteiger partial charge in [-0.2, -0.15) is 0 Å². The molecule has 2 unspecified atom stereocenters. The molecule has 2 heteroatoms. The van der Waals surface area contributed by atoms with Gasteiger partial charge in [0.25, 0.3) is 0 Å². The Bertz CT molecular complexity index is 770. The summed E-state index contributed by atoms with van der Waals surface area (Å²) in [6.07, 6.45) is 1.10. The Kier molecular flexibility index (Phi) is 4.08. The largest absolute Gasteiger partial charge is 0.378 e. The summed E-state index contributed by atoms with van der Waals surface area (Å²) in [6, 6.07) is 30.5. The predicted molar refractivity (Wildman–Crippen MR) is 98.9 cm³/mol. The number of thioether (sulfide) groups is 1. The van der Waals surface area contributed by atoms with Gasteiger partial charge in [-0.15, -0.1) is 11.8 Å². The molecule has 3 aromatic carbocycles. The van der Waals surface area contributed by atoms with Gasteiger partial charge in [0.15, 0.2) is 0 Å². The number of rotatable bonds is 3. The molecule has 23 heavy (non-hydrogen) atoms. The van der Waals surface area contributed by atoms with Gasteiger partial charge in [0.2, 0.25) is 0 Å². The van der Waals surface area contributed by atoms with Crippen molar-refractivity contribution in [3.63, 3.8) is 0 Å². The average Bonchev–Trinajstić information content (AvgIpc) is 2.63. The van der Waals surface area contributed by atoms with Crippen LogP contribution in [-0.2, 0) is 0 Å². The second-order valence-corrected chi connectivity index (χ2v) is 7.13. The van der Waals surface area contributed by atoms with Crippen LogP contribution in [0.1, 0.15) is 28.8 Å². The van der Waals surface area contributed by atoms with Gasteiger partial charge in [0, 0.05) is 15.8 Å². The first-order valence-corrected chi connectivity index (χ1v) is 8.90. The predicted octanol–water partition coefficient (Wildman–Crippen LogP) is 6.08. The van der Waals surface area contributed by atoms with Crippen LogP contribution in [-0.4, -0.2) is 0 Å². The fraction of sp³-hybridized carbons (Fsp3) is 0.143. The molecule has 4 rings (SSSR count). The monoisotopic (exact) mass is 317 g/mol. The average molecular weight is 317 g/mol. The lowest BCUT2D eigenvalue weighted by molar-refractivity contribution is 0.657. The molecule has 1 aliphatic rings. The molecule has 0 amide bonds. The summed E-state index contributed by atoms with van der Waals surface area (Å²) in [5.74, 6) is 0. The number of hydrogen-bond donors (Lipinski definition) is 1. The summed E-state index contributed by atoms with van der Waals surface area (Å²) in [5.41, 5.74) is 4.04. The van der Waals surface area contributed by atoms with Crippen LogP contribution in [0.15, 0.2) is 89.8 Å². The van der Waals surface area contributed by atoms with Gasteiger partial charge < -0.3 is 5.32 Å². The van der Waals surface area contributed by atoms with Crippen molar-refractivity contribution in [2.45, 2.75) is 22.6 Å². The smallest absolute Gasteiger partial charge is 0.0527 e. The zero-order valence-corrected chi connectivity index (χ0v) is 13.7. The van der Waals surface area contributed by atoms with E-state index in [0.717, 1.165) is 6.42 Å². The van der Waals surface area contributed by atoms with E-state index in [1.807, 2.05) is 11.8 Å². The lowest BCUT2D eigenvalue weighted by Gasteiger charge is -2.33. The van der Waals surface area contributed by atoms with Crippen LogP contribution in [0.5, 0.6) is 0 Å². The van der Waals surface area contributed by atoms with Crippen molar-refractivity contribution in [3.8, 4) is 0 Å². The molecular formula is C21H19NS. The molecule has 1 nitrogen and oxygen atoms in total. The molecule has 0 saturated carbocycles. The number of hydrogen-bond acceptors (Lipinski definition) is 2. The molecule has 0 aliphatic carbocycles. The summed E-state index contributed by atoms with van der Waals surface area (Å²) >= 11 is 1.97. The summed E-state index contributed by atoms with van der Waals surface area (Å²) in [5, 5.41) is 4.19. The van der Waals surface area contributed by atoms with Crippen LogP contribution in [0.4, 0.5) is 5.69 Å². The molecule has 0 bridgehead atoms.